The summed E-state index contributed by atoms with van der Waals surface area (Å²) in [6.45, 7) is 2.74. The SMILES string of the molecule is CC(NC(=S)Nc1cccc(Cn2cc(Cl)cn2)c1)c1ccccc1. The van der Waals surface area contributed by atoms with Crippen molar-refractivity contribution in [3.05, 3.63) is 83.1 Å². The zero-order valence-corrected chi connectivity index (χ0v) is 15.4. The minimum absolute atomic E-state index is 0.135. The van der Waals surface area contributed by atoms with Crippen LogP contribution in [0.2, 0.25) is 5.02 Å². The maximum Gasteiger partial charge on any atom is 0.171 e. The third-order valence-electron chi connectivity index (χ3n) is 3.78. The Balaban J connectivity index is 1.60. The molecule has 0 amide bonds. The number of anilines is 1. The van der Waals surface area contributed by atoms with Crippen LogP contribution in [0.5, 0.6) is 0 Å². The largest absolute Gasteiger partial charge is 0.356 e. The summed E-state index contributed by atoms with van der Waals surface area (Å²) < 4.78 is 1.80. The smallest absolute Gasteiger partial charge is 0.171 e. The Labute approximate surface area is 157 Å². The van der Waals surface area contributed by atoms with Gasteiger partial charge in [-0.05, 0) is 42.4 Å². The van der Waals surface area contributed by atoms with E-state index in [1.165, 1.54) is 5.56 Å². The van der Waals surface area contributed by atoms with E-state index < -0.39 is 0 Å². The van der Waals surface area contributed by atoms with E-state index in [1.807, 2.05) is 36.4 Å². The van der Waals surface area contributed by atoms with Crippen LogP contribution in [0, 0.1) is 0 Å². The summed E-state index contributed by atoms with van der Waals surface area (Å²) in [6.07, 6.45) is 3.43. The summed E-state index contributed by atoms with van der Waals surface area (Å²) in [4.78, 5) is 0. The molecule has 0 bridgehead atoms. The lowest BCUT2D eigenvalue weighted by molar-refractivity contribution is 0.687. The summed E-state index contributed by atoms with van der Waals surface area (Å²) in [7, 11) is 0. The zero-order valence-electron chi connectivity index (χ0n) is 13.8. The molecule has 0 spiro atoms. The Morgan fingerprint density at radius 3 is 2.72 bits per heavy atom. The van der Waals surface area contributed by atoms with Crippen LogP contribution in [0.3, 0.4) is 0 Å². The lowest BCUT2D eigenvalue weighted by Gasteiger charge is -2.17. The van der Waals surface area contributed by atoms with E-state index in [1.54, 1.807) is 17.1 Å². The van der Waals surface area contributed by atoms with E-state index in [2.05, 4.69) is 40.9 Å². The third-order valence-corrected chi connectivity index (χ3v) is 4.19. The maximum absolute atomic E-state index is 5.90. The lowest BCUT2D eigenvalue weighted by Crippen LogP contribution is -2.30. The van der Waals surface area contributed by atoms with Gasteiger partial charge in [-0.3, -0.25) is 4.68 Å². The first-order valence-electron chi connectivity index (χ1n) is 7.99. The second-order valence-electron chi connectivity index (χ2n) is 5.79. The van der Waals surface area contributed by atoms with Gasteiger partial charge in [-0.25, -0.2) is 0 Å². The number of thiocarbonyl (C=S) groups is 1. The van der Waals surface area contributed by atoms with E-state index in [-0.39, 0.29) is 6.04 Å². The van der Waals surface area contributed by atoms with Crippen LogP contribution in [-0.4, -0.2) is 14.9 Å². The van der Waals surface area contributed by atoms with Crippen LogP contribution in [0.4, 0.5) is 5.69 Å². The van der Waals surface area contributed by atoms with E-state index in [4.69, 9.17) is 23.8 Å². The molecule has 4 nitrogen and oxygen atoms in total. The van der Waals surface area contributed by atoms with Crippen molar-refractivity contribution in [2.24, 2.45) is 0 Å². The van der Waals surface area contributed by atoms with Gasteiger partial charge in [-0.1, -0.05) is 54.1 Å². The molecule has 25 heavy (non-hydrogen) atoms. The summed E-state index contributed by atoms with van der Waals surface area (Å²) in [5.41, 5.74) is 3.24. The first-order chi connectivity index (χ1) is 12.1. The van der Waals surface area contributed by atoms with Crippen molar-refractivity contribution in [1.82, 2.24) is 15.1 Å². The second-order valence-corrected chi connectivity index (χ2v) is 6.63. The Morgan fingerprint density at radius 2 is 2.00 bits per heavy atom. The van der Waals surface area contributed by atoms with Crippen molar-refractivity contribution in [3.63, 3.8) is 0 Å². The molecule has 1 heterocycles. The quantitative estimate of drug-likeness (QED) is 0.642. The summed E-state index contributed by atoms with van der Waals surface area (Å²) >= 11 is 11.3. The van der Waals surface area contributed by atoms with Crippen LogP contribution in [0.1, 0.15) is 24.1 Å². The van der Waals surface area contributed by atoms with Crippen LogP contribution >= 0.6 is 23.8 Å². The van der Waals surface area contributed by atoms with Gasteiger partial charge < -0.3 is 10.6 Å². The van der Waals surface area contributed by atoms with Gasteiger partial charge in [-0.2, -0.15) is 5.10 Å². The van der Waals surface area contributed by atoms with Gasteiger partial charge in [0.15, 0.2) is 5.11 Å². The molecule has 2 aromatic carbocycles. The Kier molecular flexibility index (Phi) is 5.68. The molecule has 3 rings (SSSR count). The molecule has 2 N–H and O–H groups in total. The topological polar surface area (TPSA) is 41.9 Å². The Morgan fingerprint density at radius 1 is 1.20 bits per heavy atom. The van der Waals surface area contributed by atoms with Crippen LogP contribution in [0.15, 0.2) is 67.0 Å². The molecule has 6 heteroatoms. The third kappa shape index (κ3) is 5.05. The number of hydrogen-bond donors (Lipinski definition) is 2. The fraction of sp³-hybridized carbons (Fsp3) is 0.158. The molecule has 1 aromatic heterocycles. The van der Waals surface area contributed by atoms with Gasteiger partial charge in [0.1, 0.15) is 0 Å². The molecular formula is C19H19ClN4S. The average Bonchev–Trinajstić information content (AvgIpc) is 3.00. The Hall–Kier alpha value is -2.37. The molecule has 1 atom stereocenters. The van der Waals surface area contributed by atoms with E-state index in [9.17, 15) is 0 Å². The molecule has 0 fully saturated rings. The zero-order chi connectivity index (χ0) is 17.6. The van der Waals surface area contributed by atoms with Gasteiger partial charge in [0, 0.05) is 11.9 Å². The lowest BCUT2D eigenvalue weighted by atomic mass is 10.1. The number of rotatable bonds is 5. The maximum atomic E-state index is 5.90. The molecule has 3 aromatic rings. The molecule has 0 radical (unpaired) electrons. The number of nitrogens with one attached hydrogen (secondary N) is 2. The number of aromatic nitrogens is 2. The predicted octanol–water partition coefficient (Wildman–Crippen LogP) is 4.63. The molecule has 0 aliphatic rings. The normalized spacial score (nSPS) is 11.8. The first-order valence-corrected chi connectivity index (χ1v) is 8.78. The number of halogens is 1. The number of hydrogen-bond acceptors (Lipinski definition) is 2. The second kappa shape index (κ2) is 8.14. The molecule has 128 valence electrons. The molecule has 0 saturated carbocycles. The van der Waals surface area contributed by atoms with E-state index in [0.717, 1.165) is 11.3 Å². The van der Waals surface area contributed by atoms with Crippen LogP contribution < -0.4 is 10.6 Å². The standard InChI is InChI=1S/C19H19ClN4S/c1-14(16-7-3-2-4-8-16)22-19(25)23-18-9-5-6-15(10-18)12-24-13-17(20)11-21-24/h2-11,13-14H,12H2,1H3,(H2,22,23,25). The van der Waals surface area contributed by atoms with Crippen molar-refractivity contribution in [2.45, 2.75) is 19.5 Å². The fourth-order valence-corrected chi connectivity index (χ4v) is 3.00. The highest BCUT2D eigenvalue weighted by Crippen LogP contribution is 2.15. The molecule has 0 aliphatic heterocycles. The first kappa shape index (κ1) is 17.5. The molecular weight excluding hydrogens is 352 g/mol. The van der Waals surface area contributed by atoms with Gasteiger partial charge in [0.05, 0.1) is 23.8 Å². The van der Waals surface area contributed by atoms with Crippen molar-refractivity contribution in [3.8, 4) is 0 Å². The van der Waals surface area contributed by atoms with Crippen molar-refractivity contribution < 1.29 is 0 Å². The Bertz CT molecular complexity index is 847. The summed E-state index contributed by atoms with van der Waals surface area (Å²) in [5.74, 6) is 0. The van der Waals surface area contributed by atoms with Crippen LogP contribution in [-0.2, 0) is 6.54 Å². The van der Waals surface area contributed by atoms with Gasteiger partial charge in [0.25, 0.3) is 0 Å². The van der Waals surface area contributed by atoms with Crippen LogP contribution in [0.25, 0.3) is 0 Å². The molecule has 0 aliphatic carbocycles. The minimum Gasteiger partial charge on any atom is -0.356 e. The van der Waals surface area contributed by atoms with Crippen molar-refractivity contribution >= 4 is 34.6 Å². The monoisotopic (exact) mass is 370 g/mol. The summed E-state index contributed by atoms with van der Waals surface area (Å²) in [5, 5.41) is 12.0. The van der Waals surface area contributed by atoms with Crippen molar-refractivity contribution in [1.29, 1.82) is 0 Å². The molecule has 0 saturated heterocycles. The van der Waals surface area contributed by atoms with Gasteiger partial charge >= 0.3 is 0 Å². The highest BCUT2D eigenvalue weighted by atomic mass is 35.5. The molecule has 1 unspecified atom stereocenters. The number of nitrogens with zero attached hydrogens (tertiary/aromatic N) is 2. The summed E-state index contributed by atoms with van der Waals surface area (Å²) in [6, 6.07) is 18.4. The average molecular weight is 371 g/mol. The number of benzene rings is 2. The van der Waals surface area contributed by atoms with Crippen molar-refractivity contribution in [2.75, 3.05) is 5.32 Å². The highest BCUT2D eigenvalue weighted by molar-refractivity contribution is 7.80. The van der Waals surface area contributed by atoms with Gasteiger partial charge in [-0.15, -0.1) is 0 Å². The van der Waals surface area contributed by atoms with Gasteiger partial charge in [0.2, 0.25) is 0 Å². The highest BCUT2D eigenvalue weighted by Gasteiger charge is 2.07. The predicted molar refractivity (Wildman–Crippen MR) is 107 cm³/mol. The van der Waals surface area contributed by atoms with E-state index in [0.29, 0.717) is 16.7 Å². The van der Waals surface area contributed by atoms with E-state index >= 15 is 0 Å². The fourth-order valence-electron chi connectivity index (χ4n) is 2.55. The minimum atomic E-state index is 0.135.